The fraction of sp³-hybridized carbons (Fsp3) is 0.560. The van der Waals surface area contributed by atoms with Gasteiger partial charge in [0.2, 0.25) is 0 Å². The number of aromatic nitrogens is 1. The summed E-state index contributed by atoms with van der Waals surface area (Å²) in [4.78, 5) is 32.2. The van der Waals surface area contributed by atoms with Crippen molar-refractivity contribution in [2.75, 3.05) is 23.4 Å². The van der Waals surface area contributed by atoms with E-state index in [4.69, 9.17) is 0 Å². The molecule has 1 heterocycles. The Morgan fingerprint density at radius 3 is 2.56 bits per heavy atom. The van der Waals surface area contributed by atoms with Crippen LogP contribution in [0.5, 0.6) is 0 Å². The summed E-state index contributed by atoms with van der Waals surface area (Å²) in [7, 11) is 0. The number of carbonyl (C=O) groups excluding carboxylic acids is 1. The molecule has 1 aliphatic rings. The number of thiazole rings is 1. The SMILES string of the molecule is CC(C)(CSc1cnc(NC(=O)N(CCCSc2ccccc2)[C@H]2CC[C@H](C)CC2)s1)C(=O)O. The number of carbonyl (C=O) groups is 2. The number of hydrogen-bond donors (Lipinski definition) is 2. The largest absolute Gasteiger partial charge is 0.481 e. The van der Waals surface area contributed by atoms with Gasteiger partial charge in [-0.05, 0) is 69.8 Å². The van der Waals surface area contributed by atoms with E-state index in [1.165, 1.54) is 28.0 Å². The van der Waals surface area contributed by atoms with Crippen LogP contribution in [0.4, 0.5) is 9.93 Å². The van der Waals surface area contributed by atoms with Gasteiger partial charge in [-0.1, -0.05) is 36.5 Å². The van der Waals surface area contributed by atoms with Gasteiger partial charge in [0.05, 0.1) is 15.8 Å². The number of urea groups is 1. The van der Waals surface area contributed by atoms with Gasteiger partial charge >= 0.3 is 12.0 Å². The molecule has 186 valence electrons. The molecule has 1 fully saturated rings. The molecule has 0 radical (unpaired) electrons. The Morgan fingerprint density at radius 1 is 1.18 bits per heavy atom. The third-order valence-electron chi connectivity index (χ3n) is 6.09. The number of rotatable bonds is 11. The Bertz CT molecular complexity index is 928. The van der Waals surface area contributed by atoms with Crippen LogP contribution < -0.4 is 5.32 Å². The first-order valence-electron chi connectivity index (χ1n) is 11.8. The van der Waals surface area contributed by atoms with E-state index in [0.29, 0.717) is 10.9 Å². The monoisotopic (exact) mass is 521 g/mol. The van der Waals surface area contributed by atoms with Gasteiger partial charge in [-0.2, -0.15) is 0 Å². The molecule has 3 rings (SSSR count). The van der Waals surface area contributed by atoms with Crippen molar-refractivity contribution in [2.45, 2.75) is 68.0 Å². The molecule has 0 saturated heterocycles. The molecule has 0 spiro atoms. The third-order valence-corrected chi connectivity index (χ3v) is 9.76. The van der Waals surface area contributed by atoms with Crippen molar-refractivity contribution in [2.24, 2.45) is 11.3 Å². The van der Waals surface area contributed by atoms with Gasteiger partial charge < -0.3 is 10.0 Å². The van der Waals surface area contributed by atoms with Gasteiger partial charge in [-0.15, -0.1) is 23.5 Å². The molecule has 0 unspecified atom stereocenters. The van der Waals surface area contributed by atoms with Crippen LogP contribution in [0.15, 0.2) is 45.6 Å². The second-order valence-corrected chi connectivity index (χ2v) is 13.0. The predicted octanol–water partition coefficient (Wildman–Crippen LogP) is 6.94. The highest BCUT2D eigenvalue weighted by atomic mass is 32.2. The molecular weight excluding hydrogens is 486 g/mol. The molecule has 0 atom stereocenters. The maximum Gasteiger partial charge on any atom is 0.323 e. The number of nitrogens with one attached hydrogen (secondary N) is 1. The zero-order valence-electron chi connectivity index (χ0n) is 20.2. The lowest BCUT2D eigenvalue weighted by molar-refractivity contribution is -0.145. The zero-order valence-corrected chi connectivity index (χ0v) is 22.6. The number of aliphatic carboxylic acids is 1. The molecule has 6 nitrogen and oxygen atoms in total. The van der Waals surface area contributed by atoms with Crippen LogP contribution in [0.3, 0.4) is 0 Å². The van der Waals surface area contributed by atoms with E-state index in [1.54, 1.807) is 20.0 Å². The normalized spacial score (nSPS) is 18.4. The van der Waals surface area contributed by atoms with Crippen molar-refractivity contribution < 1.29 is 14.7 Å². The topological polar surface area (TPSA) is 82.5 Å². The van der Waals surface area contributed by atoms with Crippen LogP contribution in [0.1, 0.15) is 52.9 Å². The second kappa shape index (κ2) is 12.8. The Kier molecular flexibility index (Phi) is 10.2. The van der Waals surface area contributed by atoms with Gasteiger partial charge in [-0.3, -0.25) is 10.1 Å². The molecule has 34 heavy (non-hydrogen) atoms. The van der Waals surface area contributed by atoms with E-state index < -0.39 is 11.4 Å². The van der Waals surface area contributed by atoms with Crippen molar-refractivity contribution in [1.82, 2.24) is 9.88 Å². The fourth-order valence-electron chi connectivity index (χ4n) is 3.81. The van der Waals surface area contributed by atoms with Crippen LogP contribution in [0, 0.1) is 11.3 Å². The maximum absolute atomic E-state index is 13.3. The Morgan fingerprint density at radius 2 is 1.88 bits per heavy atom. The predicted molar refractivity (Wildman–Crippen MR) is 143 cm³/mol. The number of thioether (sulfide) groups is 2. The van der Waals surface area contributed by atoms with E-state index in [0.717, 1.165) is 54.5 Å². The van der Waals surface area contributed by atoms with Crippen LogP contribution in [-0.4, -0.2) is 51.1 Å². The van der Waals surface area contributed by atoms with Crippen LogP contribution >= 0.6 is 34.9 Å². The lowest BCUT2D eigenvalue weighted by Crippen LogP contribution is -2.45. The van der Waals surface area contributed by atoms with E-state index in [2.05, 4.69) is 41.5 Å². The fourth-order valence-corrected chi connectivity index (χ4v) is 6.61. The van der Waals surface area contributed by atoms with Crippen molar-refractivity contribution in [3.63, 3.8) is 0 Å². The number of anilines is 1. The zero-order chi connectivity index (χ0) is 24.6. The average Bonchev–Trinajstić information content (AvgIpc) is 3.26. The summed E-state index contributed by atoms with van der Waals surface area (Å²) in [5, 5.41) is 12.9. The first-order chi connectivity index (χ1) is 16.2. The quantitative estimate of drug-likeness (QED) is 0.246. The van der Waals surface area contributed by atoms with Crippen molar-refractivity contribution in [3.05, 3.63) is 36.5 Å². The molecule has 2 aromatic rings. The minimum absolute atomic E-state index is 0.0824. The first-order valence-corrected chi connectivity index (χ1v) is 14.6. The smallest absolute Gasteiger partial charge is 0.323 e. The van der Waals surface area contributed by atoms with Crippen LogP contribution in [-0.2, 0) is 4.79 Å². The maximum atomic E-state index is 13.3. The molecular formula is C25H35N3O3S3. The Balaban J connectivity index is 1.56. The second-order valence-electron chi connectivity index (χ2n) is 9.51. The molecule has 1 saturated carbocycles. The van der Waals surface area contributed by atoms with E-state index in [1.807, 2.05) is 22.7 Å². The molecule has 2 N–H and O–H groups in total. The number of benzene rings is 1. The molecule has 0 aliphatic heterocycles. The summed E-state index contributed by atoms with van der Waals surface area (Å²) >= 11 is 4.69. The lowest BCUT2D eigenvalue weighted by atomic mass is 9.86. The number of nitrogens with zero attached hydrogens (tertiary/aromatic N) is 2. The minimum atomic E-state index is -0.819. The summed E-state index contributed by atoms with van der Waals surface area (Å²) in [6.45, 7) is 6.44. The number of hydrogen-bond acceptors (Lipinski definition) is 6. The van der Waals surface area contributed by atoms with Crippen molar-refractivity contribution in [1.29, 1.82) is 0 Å². The summed E-state index contributed by atoms with van der Waals surface area (Å²) in [6.07, 6.45) is 7.05. The van der Waals surface area contributed by atoms with Crippen molar-refractivity contribution in [3.8, 4) is 0 Å². The highest BCUT2D eigenvalue weighted by Gasteiger charge is 2.29. The molecule has 2 amide bonds. The molecule has 1 aliphatic carbocycles. The van der Waals surface area contributed by atoms with E-state index >= 15 is 0 Å². The minimum Gasteiger partial charge on any atom is -0.481 e. The van der Waals surface area contributed by atoms with Gasteiger partial charge in [0.25, 0.3) is 0 Å². The number of amides is 2. The highest BCUT2D eigenvalue weighted by Crippen LogP contribution is 2.34. The standard InChI is InChI=1S/C25H35N3O3S3/c1-18-10-12-19(13-11-18)28(14-7-15-32-20-8-5-4-6-9-20)24(31)27-23-26-16-21(34-23)33-17-25(2,3)22(29)30/h4-6,8-9,16,18-19H,7,10-15,17H2,1-3H3,(H,29,30)(H,26,27,31)/t18-,19-. The summed E-state index contributed by atoms with van der Waals surface area (Å²) in [5.74, 6) is 1.32. The van der Waals surface area contributed by atoms with Gasteiger partial charge in [0, 0.05) is 23.2 Å². The average molecular weight is 522 g/mol. The molecule has 1 aromatic carbocycles. The van der Waals surface area contributed by atoms with Gasteiger partial charge in [0.1, 0.15) is 0 Å². The Hall–Kier alpha value is -1.71. The summed E-state index contributed by atoms with van der Waals surface area (Å²) in [6, 6.07) is 10.5. The van der Waals surface area contributed by atoms with Crippen molar-refractivity contribution >= 4 is 52.0 Å². The summed E-state index contributed by atoms with van der Waals surface area (Å²) in [5.41, 5.74) is -0.815. The lowest BCUT2D eigenvalue weighted by Gasteiger charge is -2.36. The van der Waals surface area contributed by atoms with Gasteiger partial charge in [0.15, 0.2) is 5.13 Å². The van der Waals surface area contributed by atoms with Crippen LogP contribution in [0.2, 0.25) is 0 Å². The van der Waals surface area contributed by atoms with E-state index in [9.17, 15) is 14.7 Å². The highest BCUT2D eigenvalue weighted by molar-refractivity contribution is 8.01. The van der Waals surface area contributed by atoms with E-state index in [-0.39, 0.29) is 12.1 Å². The number of carboxylic acids is 1. The first kappa shape index (κ1) is 26.9. The molecule has 0 bridgehead atoms. The van der Waals surface area contributed by atoms with Crippen LogP contribution in [0.25, 0.3) is 0 Å². The molecule has 1 aromatic heterocycles. The van der Waals surface area contributed by atoms with Gasteiger partial charge in [-0.25, -0.2) is 9.78 Å². The number of carboxylic acid groups (broad SMARTS) is 1. The molecule has 9 heteroatoms. The third kappa shape index (κ3) is 8.20. The Labute approximate surface area is 215 Å². The summed E-state index contributed by atoms with van der Waals surface area (Å²) < 4.78 is 0.905.